The van der Waals surface area contributed by atoms with Gasteiger partial charge in [-0.2, -0.15) is 0 Å². The molecule has 0 saturated carbocycles. The summed E-state index contributed by atoms with van der Waals surface area (Å²) in [6, 6.07) is 0. The zero-order valence-electron chi connectivity index (χ0n) is 13.4. The second-order valence-corrected chi connectivity index (χ2v) is 5.12. The Balaban J connectivity index is 4.65. The standard InChI is InChI=1S/C16H30O4/c1-5-9-13(11-15(17)19-7-3)14(10-6-2)12-16(18)20-8-4/h13-14H,5-12H2,1-4H3. The molecule has 0 N–H and O–H groups in total. The predicted octanol–water partition coefficient (Wildman–Crippen LogP) is 3.73. The number of hydrogen-bond acceptors (Lipinski definition) is 4. The van der Waals surface area contributed by atoms with Crippen LogP contribution in [0, 0.1) is 11.8 Å². The van der Waals surface area contributed by atoms with E-state index < -0.39 is 0 Å². The van der Waals surface area contributed by atoms with Crippen molar-refractivity contribution in [3.63, 3.8) is 0 Å². The van der Waals surface area contributed by atoms with Crippen molar-refractivity contribution in [3.8, 4) is 0 Å². The van der Waals surface area contributed by atoms with Gasteiger partial charge in [0, 0.05) is 12.8 Å². The number of hydrogen-bond donors (Lipinski definition) is 0. The van der Waals surface area contributed by atoms with E-state index in [1.807, 2.05) is 13.8 Å². The fourth-order valence-electron chi connectivity index (χ4n) is 2.62. The van der Waals surface area contributed by atoms with Crippen molar-refractivity contribution in [1.29, 1.82) is 0 Å². The Morgan fingerprint density at radius 3 is 1.35 bits per heavy atom. The van der Waals surface area contributed by atoms with E-state index in [0.717, 1.165) is 25.7 Å². The topological polar surface area (TPSA) is 52.6 Å². The van der Waals surface area contributed by atoms with Crippen molar-refractivity contribution >= 4 is 11.9 Å². The van der Waals surface area contributed by atoms with Gasteiger partial charge in [0.25, 0.3) is 0 Å². The van der Waals surface area contributed by atoms with Gasteiger partial charge in [-0.25, -0.2) is 0 Å². The zero-order valence-corrected chi connectivity index (χ0v) is 13.4. The average molecular weight is 286 g/mol. The lowest BCUT2D eigenvalue weighted by atomic mass is 9.81. The molecule has 0 saturated heterocycles. The first-order chi connectivity index (χ1) is 9.58. The molecule has 0 aliphatic carbocycles. The summed E-state index contributed by atoms with van der Waals surface area (Å²) in [5.74, 6) is 0.110. The summed E-state index contributed by atoms with van der Waals surface area (Å²) < 4.78 is 10.1. The number of rotatable bonds is 11. The quantitative estimate of drug-likeness (QED) is 0.543. The van der Waals surface area contributed by atoms with Gasteiger partial charge in [-0.1, -0.05) is 26.7 Å². The van der Waals surface area contributed by atoms with Gasteiger partial charge in [0.2, 0.25) is 0 Å². The van der Waals surface area contributed by atoms with Crippen molar-refractivity contribution in [2.24, 2.45) is 11.8 Å². The molecule has 118 valence electrons. The maximum absolute atomic E-state index is 11.7. The molecule has 0 bridgehead atoms. The van der Waals surface area contributed by atoms with Crippen LogP contribution >= 0.6 is 0 Å². The first-order valence-corrected chi connectivity index (χ1v) is 7.90. The van der Waals surface area contributed by atoms with Crippen LogP contribution in [0.3, 0.4) is 0 Å². The molecule has 2 atom stereocenters. The monoisotopic (exact) mass is 286 g/mol. The van der Waals surface area contributed by atoms with E-state index in [9.17, 15) is 9.59 Å². The van der Waals surface area contributed by atoms with Crippen molar-refractivity contribution in [2.75, 3.05) is 13.2 Å². The van der Waals surface area contributed by atoms with Crippen LogP contribution in [0.25, 0.3) is 0 Å². The maximum atomic E-state index is 11.7. The van der Waals surface area contributed by atoms with Gasteiger partial charge in [0.1, 0.15) is 0 Å². The summed E-state index contributed by atoms with van der Waals surface area (Å²) in [6.07, 6.45) is 4.73. The molecule has 2 unspecified atom stereocenters. The number of carbonyl (C=O) groups is 2. The molecule has 0 aromatic heterocycles. The molecule has 0 amide bonds. The first-order valence-electron chi connectivity index (χ1n) is 7.90. The third-order valence-electron chi connectivity index (χ3n) is 3.45. The normalized spacial score (nSPS) is 13.6. The minimum atomic E-state index is -0.157. The molecule has 0 aromatic rings. The highest BCUT2D eigenvalue weighted by Gasteiger charge is 2.26. The summed E-state index contributed by atoms with van der Waals surface area (Å²) in [5, 5.41) is 0. The van der Waals surface area contributed by atoms with Crippen LogP contribution in [0.4, 0.5) is 0 Å². The van der Waals surface area contributed by atoms with Gasteiger partial charge in [-0.05, 0) is 38.5 Å². The van der Waals surface area contributed by atoms with E-state index in [0.29, 0.717) is 26.1 Å². The van der Waals surface area contributed by atoms with Gasteiger partial charge in [0.05, 0.1) is 13.2 Å². The summed E-state index contributed by atoms with van der Waals surface area (Å²) in [4.78, 5) is 23.4. The van der Waals surface area contributed by atoms with Crippen molar-refractivity contribution < 1.29 is 19.1 Å². The van der Waals surface area contributed by atoms with Gasteiger partial charge in [-0.3, -0.25) is 9.59 Å². The summed E-state index contributed by atoms with van der Waals surface area (Å²) >= 11 is 0. The van der Waals surface area contributed by atoms with Crippen LogP contribution in [0.15, 0.2) is 0 Å². The molecule has 0 spiro atoms. The summed E-state index contributed by atoms with van der Waals surface area (Å²) in [6.45, 7) is 8.66. The smallest absolute Gasteiger partial charge is 0.306 e. The predicted molar refractivity (Wildman–Crippen MR) is 79.3 cm³/mol. The Hall–Kier alpha value is -1.06. The summed E-state index contributed by atoms with van der Waals surface area (Å²) in [7, 11) is 0. The highest BCUT2D eigenvalue weighted by atomic mass is 16.5. The van der Waals surface area contributed by atoms with E-state index in [1.165, 1.54) is 0 Å². The number of carbonyl (C=O) groups excluding carboxylic acids is 2. The van der Waals surface area contributed by atoms with Gasteiger partial charge < -0.3 is 9.47 Å². The summed E-state index contributed by atoms with van der Waals surface area (Å²) in [5.41, 5.74) is 0. The third-order valence-corrected chi connectivity index (χ3v) is 3.45. The molecule has 0 aliphatic heterocycles. The SMILES string of the molecule is CCCC(CC(=O)OCC)C(CCC)CC(=O)OCC. The van der Waals surface area contributed by atoms with Crippen LogP contribution in [0.2, 0.25) is 0 Å². The maximum Gasteiger partial charge on any atom is 0.306 e. The van der Waals surface area contributed by atoms with Crippen LogP contribution in [0.1, 0.15) is 66.2 Å². The highest BCUT2D eigenvalue weighted by Crippen LogP contribution is 2.29. The van der Waals surface area contributed by atoms with E-state index in [2.05, 4.69) is 13.8 Å². The lowest BCUT2D eigenvalue weighted by molar-refractivity contribution is -0.148. The highest BCUT2D eigenvalue weighted by molar-refractivity contribution is 5.71. The molecule has 4 nitrogen and oxygen atoms in total. The second-order valence-electron chi connectivity index (χ2n) is 5.12. The molecular formula is C16H30O4. The van der Waals surface area contributed by atoms with Crippen LogP contribution < -0.4 is 0 Å². The van der Waals surface area contributed by atoms with E-state index in [4.69, 9.17) is 9.47 Å². The van der Waals surface area contributed by atoms with Crippen molar-refractivity contribution in [3.05, 3.63) is 0 Å². The van der Waals surface area contributed by atoms with Gasteiger partial charge >= 0.3 is 11.9 Å². The third kappa shape index (κ3) is 8.18. The van der Waals surface area contributed by atoms with Crippen molar-refractivity contribution in [1.82, 2.24) is 0 Å². The Morgan fingerprint density at radius 1 is 0.750 bits per heavy atom. The van der Waals surface area contributed by atoms with Crippen molar-refractivity contribution in [2.45, 2.75) is 66.2 Å². The number of ether oxygens (including phenoxy) is 2. The Kier molecular flexibility index (Phi) is 11.1. The number of esters is 2. The minimum Gasteiger partial charge on any atom is -0.466 e. The first kappa shape index (κ1) is 18.9. The van der Waals surface area contributed by atoms with Gasteiger partial charge in [-0.15, -0.1) is 0 Å². The molecule has 0 radical (unpaired) electrons. The molecule has 4 heteroatoms. The molecule has 0 fully saturated rings. The van der Waals surface area contributed by atoms with Crippen LogP contribution in [0.5, 0.6) is 0 Å². The molecule has 0 rings (SSSR count). The zero-order chi connectivity index (χ0) is 15.4. The molecule has 0 heterocycles. The molecule has 20 heavy (non-hydrogen) atoms. The van der Waals surface area contributed by atoms with Crippen LogP contribution in [-0.2, 0) is 19.1 Å². The Morgan fingerprint density at radius 2 is 1.10 bits per heavy atom. The largest absolute Gasteiger partial charge is 0.466 e. The molecular weight excluding hydrogens is 256 g/mol. The van der Waals surface area contributed by atoms with E-state index >= 15 is 0 Å². The minimum absolute atomic E-state index is 0.157. The lowest BCUT2D eigenvalue weighted by Crippen LogP contribution is -2.23. The fourth-order valence-corrected chi connectivity index (χ4v) is 2.62. The van der Waals surface area contributed by atoms with Gasteiger partial charge in [0.15, 0.2) is 0 Å². The fraction of sp³-hybridized carbons (Fsp3) is 0.875. The molecule has 0 aliphatic rings. The Bertz CT molecular complexity index is 248. The van der Waals surface area contributed by atoms with E-state index in [-0.39, 0.29) is 23.8 Å². The average Bonchev–Trinajstić information content (AvgIpc) is 2.38. The van der Waals surface area contributed by atoms with E-state index in [1.54, 1.807) is 0 Å². The lowest BCUT2D eigenvalue weighted by Gasteiger charge is -2.25. The Labute approximate surface area is 123 Å². The van der Waals surface area contributed by atoms with Crippen LogP contribution in [-0.4, -0.2) is 25.2 Å². The molecule has 0 aromatic carbocycles. The second kappa shape index (κ2) is 11.7.